The predicted octanol–water partition coefficient (Wildman–Crippen LogP) is 4.03. The maximum atomic E-state index is 13.4. The molecular weight excluding hydrogens is 447 g/mol. The van der Waals surface area contributed by atoms with Crippen molar-refractivity contribution in [2.45, 2.75) is 37.4 Å². The second-order valence-electron chi connectivity index (χ2n) is 8.01. The van der Waals surface area contributed by atoms with Crippen molar-refractivity contribution < 1.29 is 27.1 Å². The first-order valence-corrected chi connectivity index (χ1v) is 11.7. The van der Waals surface area contributed by atoms with E-state index in [-0.39, 0.29) is 34.8 Å². The van der Waals surface area contributed by atoms with Crippen LogP contribution in [0.25, 0.3) is 0 Å². The Balaban J connectivity index is 1.38. The van der Waals surface area contributed by atoms with Crippen molar-refractivity contribution in [3.63, 3.8) is 0 Å². The Morgan fingerprint density at radius 3 is 2.48 bits per heavy atom. The van der Waals surface area contributed by atoms with E-state index in [9.17, 15) is 17.6 Å². The number of nitrogens with zero attached hydrogens (tertiary/aromatic N) is 1. The Morgan fingerprint density at radius 2 is 1.81 bits per heavy atom. The Labute approximate surface area is 185 Å². The molecule has 4 rings (SSSR count). The van der Waals surface area contributed by atoms with Crippen LogP contribution in [-0.2, 0) is 14.8 Å². The number of benzene rings is 2. The van der Waals surface area contributed by atoms with Crippen molar-refractivity contribution in [3.05, 3.63) is 47.2 Å². The summed E-state index contributed by atoms with van der Waals surface area (Å²) in [5.74, 6) is -0.768. The molecule has 0 bridgehead atoms. The summed E-state index contributed by atoms with van der Waals surface area (Å²) in [5.41, 5.74) is 0.584. The third-order valence-electron chi connectivity index (χ3n) is 5.28. The fourth-order valence-corrected chi connectivity index (χ4v) is 5.43. The number of hydrogen-bond acceptors (Lipinski definition) is 5. The highest BCUT2D eigenvalue weighted by molar-refractivity contribution is 7.89. The molecule has 31 heavy (non-hydrogen) atoms. The number of piperidine rings is 1. The van der Waals surface area contributed by atoms with Crippen LogP contribution in [0.1, 0.15) is 26.7 Å². The predicted molar refractivity (Wildman–Crippen MR) is 113 cm³/mol. The molecule has 10 heteroatoms. The molecular formula is C21H22ClFN2O5S. The minimum atomic E-state index is -3.81. The largest absolute Gasteiger partial charge is 0.449 e. The lowest BCUT2D eigenvalue weighted by Crippen LogP contribution is -2.41. The summed E-state index contributed by atoms with van der Waals surface area (Å²) < 4.78 is 51.6. The number of carbonyl (C=O) groups is 1. The molecule has 2 aromatic rings. The van der Waals surface area contributed by atoms with E-state index < -0.39 is 21.6 Å². The number of sulfonamides is 1. The Bertz CT molecular complexity index is 1130. The normalized spacial score (nSPS) is 18.7. The van der Waals surface area contributed by atoms with E-state index in [1.165, 1.54) is 10.4 Å². The first kappa shape index (κ1) is 21.9. The van der Waals surface area contributed by atoms with Gasteiger partial charge in [-0.2, -0.15) is 4.31 Å². The van der Waals surface area contributed by atoms with Gasteiger partial charge in [-0.3, -0.25) is 4.79 Å². The van der Waals surface area contributed by atoms with Crippen LogP contribution in [0.5, 0.6) is 11.5 Å². The maximum Gasteiger partial charge on any atom is 0.246 e. The zero-order valence-corrected chi connectivity index (χ0v) is 18.6. The van der Waals surface area contributed by atoms with Gasteiger partial charge in [0.15, 0.2) is 11.5 Å². The van der Waals surface area contributed by atoms with Gasteiger partial charge in [-0.25, -0.2) is 12.8 Å². The lowest BCUT2D eigenvalue weighted by atomic mass is 9.97. The number of fused-ring (bicyclic) bond motifs is 1. The number of rotatable bonds is 4. The van der Waals surface area contributed by atoms with Crippen LogP contribution in [-0.4, -0.2) is 37.5 Å². The molecule has 2 aliphatic heterocycles. The zero-order valence-electron chi connectivity index (χ0n) is 17.0. The Kier molecular flexibility index (Phi) is 5.61. The number of anilines is 1. The van der Waals surface area contributed by atoms with Crippen molar-refractivity contribution in [3.8, 4) is 11.5 Å². The standard InChI is InChI=1S/C21H22ClFN2O5S/c1-21(2)29-18-6-3-14(11-19(18)30-21)24-20(26)13-7-9-25(10-8-13)31(27,28)15-4-5-17(23)16(22)12-15/h3-6,11-13H,7-10H2,1-2H3,(H,24,26). The summed E-state index contributed by atoms with van der Waals surface area (Å²) in [6, 6.07) is 8.51. The molecule has 7 nitrogen and oxygen atoms in total. The average Bonchev–Trinajstić information content (AvgIpc) is 3.03. The minimum Gasteiger partial charge on any atom is -0.449 e. The number of hydrogen-bond donors (Lipinski definition) is 1. The Morgan fingerprint density at radius 1 is 1.13 bits per heavy atom. The quantitative estimate of drug-likeness (QED) is 0.732. The minimum absolute atomic E-state index is 0.0647. The highest BCUT2D eigenvalue weighted by Gasteiger charge is 2.34. The van der Waals surface area contributed by atoms with E-state index in [1.807, 2.05) is 0 Å². The first-order chi connectivity index (χ1) is 14.5. The summed E-state index contributed by atoms with van der Waals surface area (Å²) in [5, 5.41) is 2.62. The topological polar surface area (TPSA) is 84.9 Å². The molecule has 2 aliphatic rings. The fourth-order valence-electron chi connectivity index (χ4n) is 3.69. The molecule has 0 saturated carbocycles. The van der Waals surface area contributed by atoms with Crippen molar-refractivity contribution in [1.29, 1.82) is 0 Å². The lowest BCUT2D eigenvalue weighted by Gasteiger charge is -2.30. The maximum absolute atomic E-state index is 13.4. The first-order valence-electron chi connectivity index (χ1n) is 9.83. The van der Waals surface area contributed by atoms with E-state index in [0.717, 1.165) is 12.1 Å². The highest BCUT2D eigenvalue weighted by Crippen LogP contribution is 2.40. The molecule has 0 radical (unpaired) electrons. The smallest absolute Gasteiger partial charge is 0.246 e. The van der Waals surface area contributed by atoms with E-state index in [2.05, 4.69) is 5.32 Å². The number of ether oxygens (including phenoxy) is 2. The molecule has 0 unspecified atom stereocenters. The second-order valence-corrected chi connectivity index (χ2v) is 10.4. The van der Waals surface area contributed by atoms with Gasteiger partial charge in [0, 0.05) is 44.6 Å². The lowest BCUT2D eigenvalue weighted by molar-refractivity contribution is -0.120. The van der Waals surface area contributed by atoms with E-state index in [1.54, 1.807) is 32.0 Å². The fraction of sp³-hybridized carbons (Fsp3) is 0.381. The number of nitrogens with one attached hydrogen (secondary N) is 1. The van der Waals surface area contributed by atoms with Crippen LogP contribution in [0, 0.1) is 11.7 Å². The van der Waals surface area contributed by atoms with Gasteiger partial charge in [0.2, 0.25) is 21.7 Å². The molecule has 0 spiro atoms. The highest BCUT2D eigenvalue weighted by atomic mass is 35.5. The van der Waals surface area contributed by atoms with Crippen LogP contribution in [0.3, 0.4) is 0 Å². The average molecular weight is 469 g/mol. The number of amides is 1. The molecule has 2 heterocycles. The van der Waals surface area contributed by atoms with Gasteiger partial charge in [-0.05, 0) is 43.2 Å². The molecule has 0 aromatic heterocycles. The van der Waals surface area contributed by atoms with Crippen molar-refractivity contribution in [2.75, 3.05) is 18.4 Å². The van der Waals surface area contributed by atoms with Crippen molar-refractivity contribution >= 4 is 33.2 Å². The molecule has 166 valence electrons. The molecule has 1 saturated heterocycles. The summed E-state index contributed by atoms with van der Waals surface area (Å²) in [4.78, 5) is 12.6. The zero-order chi connectivity index (χ0) is 22.4. The van der Waals surface area contributed by atoms with E-state index >= 15 is 0 Å². The molecule has 0 atom stereocenters. The molecule has 2 aromatic carbocycles. The van der Waals surface area contributed by atoms with Crippen LogP contribution in [0.4, 0.5) is 10.1 Å². The van der Waals surface area contributed by atoms with Crippen molar-refractivity contribution in [1.82, 2.24) is 4.31 Å². The van der Waals surface area contributed by atoms with Crippen LogP contribution >= 0.6 is 11.6 Å². The molecule has 0 aliphatic carbocycles. The van der Waals surface area contributed by atoms with Gasteiger partial charge < -0.3 is 14.8 Å². The monoisotopic (exact) mass is 468 g/mol. The third kappa shape index (κ3) is 4.49. The van der Waals surface area contributed by atoms with Gasteiger partial charge in [0.25, 0.3) is 0 Å². The third-order valence-corrected chi connectivity index (χ3v) is 7.46. The van der Waals surface area contributed by atoms with E-state index in [0.29, 0.717) is 30.0 Å². The summed E-state index contributed by atoms with van der Waals surface area (Å²) in [6.07, 6.45) is 0.745. The number of carbonyl (C=O) groups excluding carboxylic acids is 1. The van der Waals surface area contributed by atoms with Gasteiger partial charge in [-0.15, -0.1) is 0 Å². The summed E-state index contributed by atoms with van der Waals surface area (Å²) in [7, 11) is -3.81. The Hall–Kier alpha value is -2.36. The van der Waals surface area contributed by atoms with Crippen molar-refractivity contribution in [2.24, 2.45) is 5.92 Å². The SMILES string of the molecule is CC1(C)Oc2ccc(NC(=O)C3CCN(S(=O)(=O)c4ccc(F)c(Cl)c4)CC3)cc2O1. The van der Waals surface area contributed by atoms with Gasteiger partial charge in [0.05, 0.1) is 9.92 Å². The van der Waals surface area contributed by atoms with Crippen LogP contribution in [0.15, 0.2) is 41.3 Å². The second kappa shape index (κ2) is 7.96. The van der Waals surface area contributed by atoms with Gasteiger partial charge in [-0.1, -0.05) is 11.6 Å². The molecule has 1 fully saturated rings. The van der Waals surface area contributed by atoms with Gasteiger partial charge >= 0.3 is 0 Å². The number of halogens is 2. The summed E-state index contributed by atoms with van der Waals surface area (Å²) >= 11 is 5.72. The van der Waals surface area contributed by atoms with E-state index in [4.69, 9.17) is 21.1 Å². The van der Waals surface area contributed by atoms with Crippen LogP contribution in [0.2, 0.25) is 5.02 Å². The molecule has 1 amide bonds. The molecule has 1 N–H and O–H groups in total. The summed E-state index contributed by atoms with van der Waals surface area (Å²) in [6.45, 7) is 3.97. The van der Waals surface area contributed by atoms with Crippen LogP contribution < -0.4 is 14.8 Å². The van der Waals surface area contributed by atoms with Gasteiger partial charge in [0.1, 0.15) is 5.82 Å².